The molecule has 0 bridgehead atoms. The molecule has 30 heavy (non-hydrogen) atoms. The molecule has 1 aliphatic carbocycles. The van der Waals surface area contributed by atoms with Gasteiger partial charge in [-0.25, -0.2) is 4.99 Å². The standard InChI is InChI=1S/C25H30ClN3S/c1-17-9-5-7-11-20(17)27-22-25(15-13-18(14-16-25)24(2,3)4)29(23(30)28-22)21-12-8-6-10-19(21)26/h5-12,18H,13-16H2,1-4H3,(H,27,28,30). The third kappa shape index (κ3) is 3.76. The van der Waals surface area contributed by atoms with E-state index in [1.807, 2.05) is 18.2 Å². The lowest BCUT2D eigenvalue weighted by Crippen LogP contribution is -2.56. The fourth-order valence-corrected chi connectivity index (χ4v) is 5.50. The first-order valence-electron chi connectivity index (χ1n) is 10.7. The number of benzene rings is 2. The zero-order valence-corrected chi connectivity index (χ0v) is 19.8. The average molecular weight is 440 g/mol. The number of aryl methyl sites for hydroxylation is 1. The molecule has 1 heterocycles. The Bertz CT molecular complexity index is 984. The number of hydrogen-bond acceptors (Lipinski definition) is 2. The summed E-state index contributed by atoms with van der Waals surface area (Å²) in [6.07, 6.45) is 4.28. The Hall–Kier alpha value is -1.91. The number of para-hydroxylation sites is 2. The minimum Gasteiger partial charge on any atom is -0.341 e. The molecule has 0 unspecified atom stereocenters. The average Bonchev–Trinajstić information content (AvgIpc) is 2.95. The summed E-state index contributed by atoms with van der Waals surface area (Å²) >= 11 is 12.4. The molecule has 5 heteroatoms. The second-order valence-corrected chi connectivity index (χ2v) is 10.4. The van der Waals surface area contributed by atoms with E-state index in [0.717, 1.165) is 42.9 Å². The summed E-state index contributed by atoms with van der Waals surface area (Å²) < 4.78 is 0. The van der Waals surface area contributed by atoms with E-state index in [2.05, 4.69) is 68.2 Å². The van der Waals surface area contributed by atoms with Crippen molar-refractivity contribution in [3.05, 3.63) is 59.1 Å². The molecule has 0 atom stereocenters. The molecule has 0 aromatic heterocycles. The summed E-state index contributed by atoms with van der Waals surface area (Å²) in [5, 5.41) is 4.95. The van der Waals surface area contributed by atoms with Gasteiger partial charge in [0.25, 0.3) is 0 Å². The summed E-state index contributed by atoms with van der Waals surface area (Å²) in [6, 6.07) is 16.3. The highest BCUT2D eigenvalue weighted by atomic mass is 35.5. The zero-order chi connectivity index (χ0) is 21.5. The Morgan fingerprint density at radius 1 is 1.07 bits per heavy atom. The summed E-state index contributed by atoms with van der Waals surface area (Å²) in [5.74, 6) is 1.64. The number of thiocarbonyl (C=S) groups is 1. The van der Waals surface area contributed by atoms with E-state index in [9.17, 15) is 0 Å². The number of amidine groups is 1. The number of halogens is 1. The first-order chi connectivity index (χ1) is 14.2. The van der Waals surface area contributed by atoms with Crippen molar-refractivity contribution in [2.75, 3.05) is 10.2 Å². The fraction of sp³-hybridized carbons (Fsp3) is 0.440. The third-order valence-electron chi connectivity index (χ3n) is 6.80. The van der Waals surface area contributed by atoms with Crippen LogP contribution in [0, 0.1) is 18.3 Å². The van der Waals surface area contributed by atoms with E-state index in [1.54, 1.807) is 0 Å². The lowest BCUT2D eigenvalue weighted by atomic mass is 9.66. The van der Waals surface area contributed by atoms with Crippen molar-refractivity contribution in [2.24, 2.45) is 16.3 Å². The second kappa shape index (κ2) is 7.97. The van der Waals surface area contributed by atoms with Crippen LogP contribution in [0.15, 0.2) is 53.5 Å². The quantitative estimate of drug-likeness (QED) is 0.499. The van der Waals surface area contributed by atoms with Gasteiger partial charge in [0.1, 0.15) is 11.4 Å². The first kappa shape index (κ1) is 21.3. The van der Waals surface area contributed by atoms with Crippen molar-refractivity contribution in [2.45, 2.75) is 58.9 Å². The Kier molecular flexibility index (Phi) is 5.67. The monoisotopic (exact) mass is 439 g/mol. The van der Waals surface area contributed by atoms with Crippen LogP contribution in [0.25, 0.3) is 0 Å². The van der Waals surface area contributed by atoms with Crippen LogP contribution in [0.3, 0.4) is 0 Å². The predicted molar refractivity (Wildman–Crippen MR) is 133 cm³/mol. The maximum Gasteiger partial charge on any atom is 0.202 e. The van der Waals surface area contributed by atoms with Crippen molar-refractivity contribution in [1.82, 2.24) is 0 Å². The van der Waals surface area contributed by atoms with Gasteiger partial charge >= 0.3 is 0 Å². The Labute approximate surface area is 190 Å². The molecule has 3 nitrogen and oxygen atoms in total. The lowest BCUT2D eigenvalue weighted by molar-refractivity contribution is 0.158. The minimum absolute atomic E-state index is 0.286. The molecule has 1 aliphatic heterocycles. The van der Waals surface area contributed by atoms with Crippen LogP contribution in [0.2, 0.25) is 5.02 Å². The van der Waals surface area contributed by atoms with Crippen molar-refractivity contribution in [3.8, 4) is 0 Å². The van der Waals surface area contributed by atoms with Crippen LogP contribution in [-0.4, -0.2) is 16.5 Å². The van der Waals surface area contributed by atoms with Gasteiger partial charge in [-0.05, 0) is 79.9 Å². The molecule has 0 amide bonds. The number of aliphatic imine (C=N–C) groups is 1. The fourth-order valence-electron chi connectivity index (χ4n) is 4.91. The number of nitrogens with zero attached hydrogens (tertiary/aromatic N) is 2. The van der Waals surface area contributed by atoms with Crippen LogP contribution < -0.4 is 10.2 Å². The molecule has 4 rings (SSSR count). The highest BCUT2D eigenvalue weighted by Gasteiger charge is 2.52. The minimum atomic E-state index is -0.286. The van der Waals surface area contributed by atoms with Gasteiger partial charge in [0.2, 0.25) is 5.11 Å². The van der Waals surface area contributed by atoms with Gasteiger partial charge in [0.15, 0.2) is 0 Å². The topological polar surface area (TPSA) is 27.6 Å². The van der Waals surface area contributed by atoms with Crippen LogP contribution >= 0.6 is 23.8 Å². The highest BCUT2D eigenvalue weighted by molar-refractivity contribution is 7.80. The molecule has 2 aromatic rings. The Balaban J connectivity index is 1.75. The molecule has 1 N–H and O–H groups in total. The SMILES string of the molecule is Cc1ccccc1NC1=NC(=S)N(c2ccccc2Cl)C12CCC(C(C)(C)C)CC2. The highest BCUT2D eigenvalue weighted by Crippen LogP contribution is 2.48. The van der Waals surface area contributed by atoms with Gasteiger partial charge in [0.05, 0.1) is 10.7 Å². The molecular weight excluding hydrogens is 410 g/mol. The van der Waals surface area contributed by atoms with Gasteiger partial charge in [0, 0.05) is 5.69 Å². The zero-order valence-electron chi connectivity index (χ0n) is 18.2. The molecule has 0 radical (unpaired) electrons. The van der Waals surface area contributed by atoms with E-state index >= 15 is 0 Å². The molecule has 1 fully saturated rings. The van der Waals surface area contributed by atoms with Gasteiger partial charge in [-0.15, -0.1) is 0 Å². The summed E-state index contributed by atoms with van der Waals surface area (Å²) in [4.78, 5) is 7.10. The van der Waals surface area contributed by atoms with Crippen molar-refractivity contribution in [1.29, 1.82) is 0 Å². The van der Waals surface area contributed by atoms with E-state index in [4.69, 9.17) is 28.8 Å². The van der Waals surface area contributed by atoms with Gasteiger partial charge in [-0.2, -0.15) is 0 Å². The largest absolute Gasteiger partial charge is 0.341 e. The van der Waals surface area contributed by atoms with Crippen molar-refractivity contribution < 1.29 is 0 Å². The second-order valence-electron chi connectivity index (χ2n) is 9.64. The number of nitrogens with one attached hydrogen (secondary N) is 1. The molecule has 1 saturated carbocycles. The Morgan fingerprint density at radius 2 is 1.70 bits per heavy atom. The van der Waals surface area contributed by atoms with Crippen LogP contribution in [0.5, 0.6) is 0 Å². The lowest BCUT2D eigenvalue weighted by Gasteiger charge is -2.47. The normalized spacial score (nSPS) is 24.3. The molecule has 0 saturated heterocycles. The molecular formula is C25H30ClN3S. The molecule has 2 aliphatic rings. The van der Waals surface area contributed by atoms with E-state index in [1.165, 1.54) is 5.56 Å². The van der Waals surface area contributed by atoms with Crippen LogP contribution in [0.4, 0.5) is 11.4 Å². The van der Waals surface area contributed by atoms with Crippen LogP contribution in [-0.2, 0) is 0 Å². The molecule has 2 aromatic carbocycles. The summed E-state index contributed by atoms with van der Waals surface area (Å²) in [6.45, 7) is 9.16. The van der Waals surface area contributed by atoms with Crippen molar-refractivity contribution >= 4 is 46.1 Å². The number of hydrogen-bond donors (Lipinski definition) is 1. The van der Waals surface area contributed by atoms with Gasteiger partial charge in [-0.3, -0.25) is 0 Å². The van der Waals surface area contributed by atoms with E-state index in [-0.39, 0.29) is 5.54 Å². The first-order valence-corrected chi connectivity index (χ1v) is 11.5. The number of anilines is 2. The maximum atomic E-state index is 6.63. The van der Waals surface area contributed by atoms with Gasteiger partial charge in [-0.1, -0.05) is 62.7 Å². The number of rotatable bonds is 2. The summed E-state index contributed by atoms with van der Waals surface area (Å²) in [5.41, 5.74) is 3.24. The maximum absolute atomic E-state index is 6.63. The predicted octanol–water partition coefficient (Wildman–Crippen LogP) is 7.24. The molecule has 158 valence electrons. The summed E-state index contributed by atoms with van der Waals surface area (Å²) in [7, 11) is 0. The van der Waals surface area contributed by atoms with E-state index < -0.39 is 0 Å². The van der Waals surface area contributed by atoms with E-state index in [0.29, 0.717) is 21.5 Å². The smallest absolute Gasteiger partial charge is 0.202 e. The Morgan fingerprint density at radius 3 is 2.33 bits per heavy atom. The van der Waals surface area contributed by atoms with Crippen LogP contribution in [0.1, 0.15) is 52.0 Å². The van der Waals surface area contributed by atoms with Crippen molar-refractivity contribution in [3.63, 3.8) is 0 Å². The van der Waals surface area contributed by atoms with Gasteiger partial charge < -0.3 is 10.2 Å². The third-order valence-corrected chi connectivity index (χ3v) is 7.39. The molecule has 1 spiro atoms.